The van der Waals surface area contributed by atoms with Crippen LogP contribution in [0.4, 0.5) is 5.69 Å². The van der Waals surface area contributed by atoms with Gasteiger partial charge in [-0.15, -0.1) is 0 Å². The first kappa shape index (κ1) is 19.0. The minimum atomic E-state index is 0.381. The van der Waals surface area contributed by atoms with Crippen LogP contribution < -0.4 is 9.47 Å². The molecule has 0 saturated carbocycles. The van der Waals surface area contributed by atoms with Gasteiger partial charge in [0.1, 0.15) is 6.61 Å². The van der Waals surface area contributed by atoms with Crippen molar-refractivity contribution in [3.05, 3.63) is 87.9 Å². The summed E-state index contributed by atoms with van der Waals surface area (Å²) in [6.07, 6.45) is 1.84. The van der Waals surface area contributed by atoms with E-state index >= 15 is 0 Å². The molecule has 0 unspecified atom stereocenters. The quantitative estimate of drug-likeness (QED) is 0.471. The van der Waals surface area contributed by atoms with Gasteiger partial charge < -0.3 is 9.47 Å². The zero-order chi connectivity index (χ0) is 19.2. The predicted octanol–water partition coefficient (Wildman–Crippen LogP) is 6.30. The predicted molar refractivity (Wildman–Crippen MR) is 112 cm³/mol. The average Bonchev–Trinajstić information content (AvgIpc) is 2.68. The minimum Gasteiger partial charge on any atom is -0.493 e. The third-order valence-corrected chi connectivity index (χ3v) is 4.61. The molecule has 0 aliphatic rings. The fraction of sp³-hybridized carbons (Fsp3) is 0.174. The molecule has 27 heavy (non-hydrogen) atoms. The van der Waals surface area contributed by atoms with Crippen LogP contribution in [-0.2, 0) is 6.61 Å². The molecule has 3 aromatic carbocycles. The van der Waals surface area contributed by atoms with Gasteiger partial charge >= 0.3 is 0 Å². The number of aryl methyl sites for hydroxylation is 2. The molecular weight excluding hydrogens is 358 g/mol. The Morgan fingerprint density at radius 1 is 0.963 bits per heavy atom. The second-order valence-corrected chi connectivity index (χ2v) is 6.75. The van der Waals surface area contributed by atoms with Gasteiger partial charge in [0.25, 0.3) is 0 Å². The molecule has 4 heteroatoms. The van der Waals surface area contributed by atoms with Crippen LogP contribution in [0.1, 0.15) is 22.3 Å². The number of ether oxygens (including phenoxy) is 2. The van der Waals surface area contributed by atoms with E-state index in [1.165, 1.54) is 5.56 Å². The number of benzene rings is 3. The zero-order valence-corrected chi connectivity index (χ0v) is 16.5. The number of hydrogen-bond donors (Lipinski definition) is 0. The average molecular weight is 380 g/mol. The molecular formula is C23H22ClNO2. The van der Waals surface area contributed by atoms with Crippen LogP contribution in [-0.4, -0.2) is 13.3 Å². The number of hydrogen-bond acceptors (Lipinski definition) is 3. The Labute approximate surface area is 165 Å². The lowest BCUT2D eigenvalue weighted by molar-refractivity contribution is 0.284. The molecule has 0 aromatic heterocycles. The first-order valence-electron chi connectivity index (χ1n) is 8.72. The van der Waals surface area contributed by atoms with Crippen molar-refractivity contribution in [2.75, 3.05) is 7.11 Å². The van der Waals surface area contributed by atoms with Crippen LogP contribution in [0.25, 0.3) is 0 Å². The molecule has 0 radical (unpaired) electrons. The smallest absolute Gasteiger partial charge is 0.161 e. The highest BCUT2D eigenvalue weighted by atomic mass is 35.5. The summed E-state index contributed by atoms with van der Waals surface area (Å²) >= 11 is 6.18. The van der Waals surface area contributed by atoms with Gasteiger partial charge in [-0.25, -0.2) is 0 Å². The van der Waals surface area contributed by atoms with Crippen molar-refractivity contribution in [1.82, 2.24) is 0 Å². The van der Waals surface area contributed by atoms with Gasteiger partial charge in [-0.2, -0.15) is 0 Å². The molecule has 0 bridgehead atoms. The van der Waals surface area contributed by atoms with E-state index in [9.17, 15) is 0 Å². The van der Waals surface area contributed by atoms with Gasteiger partial charge in [0, 0.05) is 16.8 Å². The molecule has 0 aliphatic carbocycles. The molecule has 0 N–H and O–H groups in total. The number of halogens is 1. The topological polar surface area (TPSA) is 30.8 Å². The Bertz CT molecular complexity index is 966. The first-order chi connectivity index (χ1) is 13.1. The van der Waals surface area contributed by atoms with E-state index < -0.39 is 0 Å². The molecule has 0 heterocycles. The Morgan fingerprint density at radius 3 is 2.56 bits per heavy atom. The molecule has 3 rings (SSSR count). The molecule has 138 valence electrons. The monoisotopic (exact) mass is 379 g/mol. The highest BCUT2D eigenvalue weighted by molar-refractivity contribution is 6.31. The summed E-state index contributed by atoms with van der Waals surface area (Å²) in [6, 6.07) is 19.6. The molecule has 0 atom stereocenters. The standard InChI is InChI=1S/C23H22ClNO2/c1-16-8-9-17(2)21(12-16)25-14-18-10-11-22(23(13-18)26-3)27-15-19-6-4-5-7-20(19)24/h4-14H,15H2,1-3H3. The Hall–Kier alpha value is -2.78. The maximum atomic E-state index is 6.18. The van der Waals surface area contributed by atoms with Crippen LogP contribution in [0.3, 0.4) is 0 Å². The summed E-state index contributed by atoms with van der Waals surface area (Å²) in [6.45, 7) is 4.50. The summed E-state index contributed by atoms with van der Waals surface area (Å²) in [4.78, 5) is 4.61. The molecule has 3 aromatic rings. The van der Waals surface area contributed by atoms with E-state index in [0.29, 0.717) is 23.1 Å². The normalized spacial score (nSPS) is 11.0. The maximum absolute atomic E-state index is 6.18. The van der Waals surface area contributed by atoms with E-state index in [1.54, 1.807) is 7.11 Å². The van der Waals surface area contributed by atoms with Crippen molar-refractivity contribution >= 4 is 23.5 Å². The van der Waals surface area contributed by atoms with Crippen LogP contribution >= 0.6 is 11.6 Å². The third-order valence-electron chi connectivity index (χ3n) is 4.25. The second kappa shape index (κ2) is 8.74. The Morgan fingerprint density at radius 2 is 1.78 bits per heavy atom. The van der Waals surface area contributed by atoms with E-state index in [1.807, 2.05) is 48.7 Å². The fourth-order valence-electron chi connectivity index (χ4n) is 2.66. The van der Waals surface area contributed by atoms with Crippen molar-refractivity contribution in [3.63, 3.8) is 0 Å². The van der Waals surface area contributed by atoms with Crippen molar-refractivity contribution in [2.24, 2.45) is 4.99 Å². The summed E-state index contributed by atoms with van der Waals surface area (Å²) in [5, 5.41) is 0.689. The maximum Gasteiger partial charge on any atom is 0.161 e. The molecule has 0 fully saturated rings. The van der Waals surface area contributed by atoms with Gasteiger partial charge in [0.2, 0.25) is 0 Å². The van der Waals surface area contributed by atoms with Gasteiger partial charge in [-0.1, -0.05) is 41.9 Å². The molecule has 3 nitrogen and oxygen atoms in total. The largest absolute Gasteiger partial charge is 0.493 e. The van der Waals surface area contributed by atoms with Crippen LogP contribution in [0.5, 0.6) is 11.5 Å². The summed E-state index contributed by atoms with van der Waals surface area (Å²) in [7, 11) is 1.63. The van der Waals surface area contributed by atoms with E-state index in [4.69, 9.17) is 21.1 Å². The summed E-state index contributed by atoms with van der Waals surface area (Å²) in [5.74, 6) is 1.33. The molecule has 0 amide bonds. The first-order valence-corrected chi connectivity index (χ1v) is 9.10. The Balaban J connectivity index is 1.77. The van der Waals surface area contributed by atoms with Crippen LogP contribution in [0.15, 0.2) is 65.7 Å². The lowest BCUT2D eigenvalue weighted by Crippen LogP contribution is -1.99. The van der Waals surface area contributed by atoms with Gasteiger partial charge in [0.15, 0.2) is 11.5 Å². The van der Waals surface area contributed by atoms with Crippen molar-refractivity contribution < 1.29 is 9.47 Å². The lowest BCUT2D eigenvalue weighted by atomic mass is 10.1. The number of aliphatic imine (C=N–C) groups is 1. The van der Waals surface area contributed by atoms with Crippen molar-refractivity contribution in [2.45, 2.75) is 20.5 Å². The van der Waals surface area contributed by atoms with Crippen LogP contribution in [0.2, 0.25) is 5.02 Å². The zero-order valence-electron chi connectivity index (χ0n) is 15.7. The third kappa shape index (κ3) is 4.89. The lowest BCUT2D eigenvalue weighted by Gasteiger charge is -2.12. The highest BCUT2D eigenvalue weighted by Crippen LogP contribution is 2.29. The summed E-state index contributed by atoms with van der Waals surface area (Å²) in [5.41, 5.74) is 5.17. The van der Waals surface area contributed by atoms with E-state index in [2.05, 4.69) is 37.0 Å². The van der Waals surface area contributed by atoms with Crippen molar-refractivity contribution in [1.29, 1.82) is 0 Å². The number of methoxy groups -OCH3 is 1. The van der Waals surface area contributed by atoms with Crippen molar-refractivity contribution in [3.8, 4) is 11.5 Å². The van der Waals surface area contributed by atoms with E-state index in [0.717, 1.165) is 22.4 Å². The highest BCUT2D eigenvalue weighted by Gasteiger charge is 2.07. The fourth-order valence-corrected chi connectivity index (χ4v) is 2.85. The number of nitrogens with zero attached hydrogens (tertiary/aromatic N) is 1. The minimum absolute atomic E-state index is 0.381. The SMILES string of the molecule is COc1cc(C=Nc2cc(C)ccc2C)ccc1OCc1ccccc1Cl. The van der Waals surface area contributed by atoms with Gasteiger partial charge in [-0.3, -0.25) is 4.99 Å². The second-order valence-electron chi connectivity index (χ2n) is 6.34. The number of rotatable bonds is 6. The van der Waals surface area contributed by atoms with Gasteiger partial charge in [-0.05, 0) is 60.9 Å². The van der Waals surface area contributed by atoms with Gasteiger partial charge in [0.05, 0.1) is 12.8 Å². The molecule has 0 spiro atoms. The Kier molecular flexibility index (Phi) is 6.15. The van der Waals surface area contributed by atoms with Crippen LogP contribution in [0, 0.1) is 13.8 Å². The summed E-state index contributed by atoms with van der Waals surface area (Å²) < 4.78 is 11.4. The van der Waals surface area contributed by atoms with E-state index in [-0.39, 0.29) is 0 Å². The molecule has 0 saturated heterocycles. The molecule has 0 aliphatic heterocycles.